The van der Waals surface area contributed by atoms with Crippen LogP contribution in [0.1, 0.15) is 24.4 Å². The molecule has 6 N–H and O–H groups in total. The van der Waals surface area contributed by atoms with Gasteiger partial charge in [-0.1, -0.05) is 11.6 Å². The monoisotopic (exact) mass is 422 g/mol. The third-order valence-corrected chi connectivity index (χ3v) is 4.62. The number of hydrogen-bond acceptors (Lipinski definition) is 9. The number of anilines is 3. The Kier molecular flexibility index (Phi) is 4.69. The van der Waals surface area contributed by atoms with E-state index in [1.54, 1.807) is 31.2 Å². The van der Waals surface area contributed by atoms with Gasteiger partial charge >= 0.3 is 0 Å². The molecule has 4 rings (SSSR count). The quantitative estimate of drug-likeness (QED) is 0.381. The second-order valence-electron chi connectivity index (χ2n) is 6.38. The summed E-state index contributed by atoms with van der Waals surface area (Å²) in [7, 11) is 0. The minimum atomic E-state index is -0.582. The van der Waals surface area contributed by atoms with Crippen LogP contribution in [0.4, 0.5) is 17.6 Å². The van der Waals surface area contributed by atoms with Crippen LogP contribution < -0.4 is 22.3 Å². The van der Waals surface area contributed by atoms with Gasteiger partial charge in [0.25, 0.3) is 5.56 Å². The van der Waals surface area contributed by atoms with E-state index in [1.165, 1.54) is 10.8 Å². The minimum absolute atomic E-state index is 0.0408. The molecule has 0 amide bonds. The lowest BCUT2D eigenvalue weighted by molar-refractivity contribution is 0.719. The van der Waals surface area contributed by atoms with Gasteiger partial charge in [0.1, 0.15) is 29.1 Å². The molecular weight excluding hydrogens is 408 g/mol. The summed E-state index contributed by atoms with van der Waals surface area (Å²) in [6.07, 6.45) is 1.52. The van der Waals surface area contributed by atoms with Crippen molar-refractivity contribution in [2.24, 2.45) is 0 Å². The van der Waals surface area contributed by atoms with Crippen LogP contribution in [0.2, 0.25) is 5.02 Å². The van der Waals surface area contributed by atoms with Crippen LogP contribution >= 0.6 is 11.6 Å². The number of H-pyrrole nitrogens is 1. The molecule has 0 bridgehead atoms. The standard InChI is InChI=1S/C18H15ClN10O/c1-8(24-15-11(7-20)14(21)26-18(22)27-15)16-25-12-3-2-9(19)6-10(12)17(30)29(16)13-4-5-23-28-13/h2-6,8H,1H3,(H,23,28)(H5,21,22,24,26,27). The molecule has 30 heavy (non-hydrogen) atoms. The number of nitriles is 1. The molecule has 3 heterocycles. The second-order valence-corrected chi connectivity index (χ2v) is 6.82. The van der Waals surface area contributed by atoms with Crippen LogP contribution in [-0.2, 0) is 0 Å². The SMILES string of the molecule is CC(Nc1nc(N)nc(N)c1C#N)c1nc2ccc(Cl)cc2c(=O)n1-c1ccn[nH]1. The zero-order chi connectivity index (χ0) is 21.4. The van der Waals surface area contributed by atoms with Crippen LogP contribution in [0.5, 0.6) is 0 Å². The average molecular weight is 423 g/mol. The maximum absolute atomic E-state index is 13.3. The molecular formula is C18H15ClN10O. The zero-order valence-corrected chi connectivity index (χ0v) is 16.3. The molecule has 0 saturated heterocycles. The van der Waals surface area contributed by atoms with Crippen molar-refractivity contribution in [2.75, 3.05) is 16.8 Å². The Bertz CT molecular complexity index is 1360. The highest BCUT2D eigenvalue weighted by Gasteiger charge is 2.21. The fraction of sp³-hybridized carbons (Fsp3) is 0.111. The normalized spacial score (nSPS) is 11.9. The van der Waals surface area contributed by atoms with Crippen molar-refractivity contribution in [3.05, 3.63) is 57.2 Å². The largest absolute Gasteiger partial charge is 0.382 e. The smallest absolute Gasteiger partial charge is 0.267 e. The summed E-state index contributed by atoms with van der Waals surface area (Å²) in [6, 6.07) is 7.87. The number of aromatic nitrogens is 6. The fourth-order valence-corrected chi connectivity index (χ4v) is 3.22. The number of hydrogen-bond donors (Lipinski definition) is 4. The molecule has 150 valence electrons. The van der Waals surface area contributed by atoms with E-state index >= 15 is 0 Å². The van der Waals surface area contributed by atoms with E-state index in [2.05, 4.69) is 30.5 Å². The van der Waals surface area contributed by atoms with Gasteiger partial charge in [-0.25, -0.2) is 9.55 Å². The lowest BCUT2D eigenvalue weighted by Gasteiger charge is -2.20. The molecule has 1 atom stereocenters. The Balaban J connectivity index is 1.91. The summed E-state index contributed by atoms with van der Waals surface area (Å²) in [6.45, 7) is 1.76. The van der Waals surface area contributed by atoms with Crippen molar-refractivity contribution in [3.63, 3.8) is 0 Å². The van der Waals surface area contributed by atoms with Gasteiger partial charge in [-0.15, -0.1) is 0 Å². The van der Waals surface area contributed by atoms with Gasteiger partial charge in [0, 0.05) is 11.1 Å². The van der Waals surface area contributed by atoms with Gasteiger partial charge in [-0.3, -0.25) is 9.89 Å². The summed E-state index contributed by atoms with van der Waals surface area (Å²) in [4.78, 5) is 25.7. The van der Waals surface area contributed by atoms with Crippen molar-refractivity contribution in [1.82, 2.24) is 29.7 Å². The van der Waals surface area contributed by atoms with Crippen molar-refractivity contribution >= 4 is 40.1 Å². The third-order valence-electron chi connectivity index (χ3n) is 4.39. The van der Waals surface area contributed by atoms with E-state index in [-0.39, 0.29) is 28.7 Å². The Labute approximate surface area is 174 Å². The maximum atomic E-state index is 13.3. The topological polar surface area (TPSA) is 177 Å². The first kappa shape index (κ1) is 19.2. The number of aromatic amines is 1. The summed E-state index contributed by atoms with van der Waals surface area (Å²) >= 11 is 6.06. The lowest BCUT2D eigenvalue weighted by Crippen LogP contribution is -2.28. The number of nitrogen functional groups attached to an aromatic ring is 2. The fourth-order valence-electron chi connectivity index (χ4n) is 3.05. The molecule has 0 spiro atoms. The summed E-state index contributed by atoms with van der Waals surface area (Å²) in [5, 5.41) is 19.9. The van der Waals surface area contributed by atoms with E-state index in [0.717, 1.165) is 0 Å². The van der Waals surface area contributed by atoms with Crippen molar-refractivity contribution < 1.29 is 0 Å². The first-order valence-electron chi connectivity index (χ1n) is 8.70. The first-order valence-corrected chi connectivity index (χ1v) is 9.08. The number of fused-ring (bicyclic) bond motifs is 1. The second kappa shape index (κ2) is 7.34. The number of nitrogens with zero attached hydrogens (tertiary/aromatic N) is 6. The Morgan fingerprint density at radius 3 is 2.77 bits per heavy atom. The van der Waals surface area contributed by atoms with Crippen LogP contribution in [0.3, 0.4) is 0 Å². The van der Waals surface area contributed by atoms with Crippen molar-refractivity contribution in [3.8, 4) is 11.9 Å². The van der Waals surface area contributed by atoms with Gasteiger partial charge < -0.3 is 16.8 Å². The average Bonchev–Trinajstić information content (AvgIpc) is 3.22. The zero-order valence-electron chi connectivity index (χ0n) is 15.6. The van der Waals surface area contributed by atoms with Crippen molar-refractivity contribution in [1.29, 1.82) is 5.26 Å². The van der Waals surface area contributed by atoms with Gasteiger partial charge in [0.2, 0.25) is 5.95 Å². The Morgan fingerprint density at radius 1 is 1.27 bits per heavy atom. The van der Waals surface area contributed by atoms with Gasteiger partial charge in [0.05, 0.1) is 23.1 Å². The molecule has 12 heteroatoms. The number of halogens is 1. The Hall–Kier alpha value is -4.17. The number of rotatable bonds is 4. The molecule has 4 aromatic rings. The highest BCUT2D eigenvalue weighted by molar-refractivity contribution is 6.31. The van der Waals surface area contributed by atoms with Gasteiger partial charge in [-0.2, -0.15) is 20.3 Å². The molecule has 0 fully saturated rings. The predicted molar refractivity (Wildman–Crippen MR) is 112 cm³/mol. The van der Waals surface area contributed by atoms with Crippen LogP contribution in [0.15, 0.2) is 35.3 Å². The summed E-state index contributed by atoms with van der Waals surface area (Å²) < 4.78 is 1.38. The lowest BCUT2D eigenvalue weighted by atomic mass is 10.2. The Morgan fingerprint density at radius 2 is 2.07 bits per heavy atom. The molecule has 0 radical (unpaired) electrons. The molecule has 1 unspecified atom stereocenters. The minimum Gasteiger partial charge on any atom is -0.382 e. The molecule has 0 aliphatic rings. The third kappa shape index (κ3) is 3.25. The number of benzene rings is 1. The van der Waals surface area contributed by atoms with Gasteiger partial charge in [-0.05, 0) is 25.1 Å². The van der Waals surface area contributed by atoms with E-state index in [4.69, 9.17) is 23.1 Å². The molecule has 0 aliphatic carbocycles. The molecule has 1 aromatic carbocycles. The van der Waals surface area contributed by atoms with Crippen LogP contribution in [-0.4, -0.2) is 29.7 Å². The number of nitrogens with two attached hydrogens (primary N) is 2. The molecule has 0 aliphatic heterocycles. The summed E-state index contributed by atoms with van der Waals surface area (Å²) in [5.74, 6) is 0.760. The highest BCUT2D eigenvalue weighted by atomic mass is 35.5. The van der Waals surface area contributed by atoms with E-state index in [0.29, 0.717) is 27.6 Å². The highest BCUT2D eigenvalue weighted by Crippen LogP contribution is 2.25. The van der Waals surface area contributed by atoms with Crippen LogP contribution in [0, 0.1) is 11.3 Å². The maximum Gasteiger partial charge on any atom is 0.267 e. The van der Waals surface area contributed by atoms with E-state index < -0.39 is 6.04 Å². The number of nitrogens with one attached hydrogen (secondary N) is 2. The molecule has 3 aromatic heterocycles. The molecule has 0 saturated carbocycles. The van der Waals surface area contributed by atoms with E-state index in [9.17, 15) is 10.1 Å². The predicted octanol–water partition coefficient (Wildman–Crippen LogP) is 1.76. The summed E-state index contributed by atoms with van der Waals surface area (Å²) in [5.41, 5.74) is 11.6. The van der Waals surface area contributed by atoms with Gasteiger partial charge in [0.15, 0.2) is 5.82 Å². The van der Waals surface area contributed by atoms with Crippen LogP contribution in [0.25, 0.3) is 16.7 Å². The van der Waals surface area contributed by atoms with E-state index in [1.807, 2.05) is 6.07 Å². The molecule has 11 nitrogen and oxygen atoms in total. The first-order chi connectivity index (χ1) is 14.4. The van der Waals surface area contributed by atoms with Crippen molar-refractivity contribution in [2.45, 2.75) is 13.0 Å².